The summed E-state index contributed by atoms with van der Waals surface area (Å²) in [7, 11) is 0. The Balaban J connectivity index is 1.71. The average Bonchev–Trinajstić information content (AvgIpc) is 2.46. The molecule has 2 aromatic rings. The monoisotopic (exact) mass is 366 g/mol. The van der Waals surface area contributed by atoms with E-state index in [1.165, 1.54) is 0 Å². The molecule has 0 aliphatic heterocycles. The van der Waals surface area contributed by atoms with Gasteiger partial charge in [0.1, 0.15) is 0 Å². The minimum Gasteiger partial charge on any atom is -0.324 e. The zero-order chi connectivity index (χ0) is 15.1. The van der Waals surface area contributed by atoms with Crippen molar-refractivity contribution in [1.29, 1.82) is 0 Å². The molecule has 1 amide bonds. The Morgan fingerprint density at radius 1 is 1.14 bits per heavy atom. The van der Waals surface area contributed by atoms with Crippen LogP contribution in [0, 0.1) is 0 Å². The SMILES string of the molecule is O=C(CNCCc1cccc(Cl)c1)Nc1ccccc1Br. The van der Waals surface area contributed by atoms with E-state index in [1.807, 2.05) is 48.5 Å². The molecule has 2 N–H and O–H groups in total. The Bertz CT molecular complexity index is 619. The van der Waals surface area contributed by atoms with Gasteiger partial charge in [-0.3, -0.25) is 4.79 Å². The van der Waals surface area contributed by atoms with Crippen molar-refractivity contribution in [3.8, 4) is 0 Å². The van der Waals surface area contributed by atoms with Crippen LogP contribution >= 0.6 is 27.5 Å². The standard InChI is InChI=1S/C16H16BrClN2O/c17-14-6-1-2-7-15(14)20-16(21)11-19-9-8-12-4-3-5-13(18)10-12/h1-7,10,19H,8-9,11H2,(H,20,21). The lowest BCUT2D eigenvalue weighted by molar-refractivity contribution is -0.115. The zero-order valence-corrected chi connectivity index (χ0v) is 13.7. The molecule has 0 heterocycles. The predicted octanol–water partition coefficient (Wildman–Crippen LogP) is 3.87. The van der Waals surface area contributed by atoms with E-state index < -0.39 is 0 Å². The van der Waals surface area contributed by atoms with Gasteiger partial charge in [0.15, 0.2) is 0 Å². The van der Waals surface area contributed by atoms with Crippen molar-refractivity contribution in [3.63, 3.8) is 0 Å². The van der Waals surface area contributed by atoms with Gasteiger partial charge >= 0.3 is 0 Å². The Hall–Kier alpha value is -1.36. The Labute approximate surface area is 137 Å². The number of benzene rings is 2. The fourth-order valence-electron chi connectivity index (χ4n) is 1.88. The van der Waals surface area contributed by atoms with Crippen LogP contribution in [0.25, 0.3) is 0 Å². The lowest BCUT2D eigenvalue weighted by Crippen LogP contribution is -2.29. The molecule has 0 atom stereocenters. The Morgan fingerprint density at radius 3 is 2.71 bits per heavy atom. The third kappa shape index (κ3) is 5.50. The number of anilines is 1. The second kappa shape index (κ2) is 8.17. The molecule has 0 fully saturated rings. The summed E-state index contributed by atoms with van der Waals surface area (Å²) < 4.78 is 0.872. The topological polar surface area (TPSA) is 41.1 Å². The molecular weight excluding hydrogens is 352 g/mol. The van der Waals surface area contributed by atoms with Gasteiger partial charge in [-0.05, 0) is 58.7 Å². The molecule has 0 spiro atoms. The third-order valence-corrected chi connectivity index (χ3v) is 3.84. The normalized spacial score (nSPS) is 10.4. The van der Waals surface area contributed by atoms with Crippen molar-refractivity contribution >= 4 is 39.1 Å². The molecule has 0 saturated heterocycles. The van der Waals surface area contributed by atoms with Gasteiger partial charge in [-0.2, -0.15) is 0 Å². The molecule has 0 aromatic heterocycles. The summed E-state index contributed by atoms with van der Waals surface area (Å²) in [6.45, 7) is 1.01. The lowest BCUT2D eigenvalue weighted by atomic mass is 10.1. The highest BCUT2D eigenvalue weighted by Gasteiger charge is 2.04. The first-order chi connectivity index (χ1) is 10.1. The quantitative estimate of drug-likeness (QED) is 0.761. The fraction of sp³-hybridized carbons (Fsp3) is 0.188. The molecule has 0 aliphatic carbocycles. The molecule has 0 radical (unpaired) electrons. The molecule has 110 valence electrons. The van der Waals surface area contributed by atoms with Crippen LogP contribution in [0.1, 0.15) is 5.56 Å². The van der Waals surface area contributed by atoms with Crippen LogP contribution in [0.15, 0.2) is 53.0 Å². The number of hydrogen-bond acceptors (Lipinski definition) is 2. The highest BCUT2D eigenvalue weighted by atomic mass is 79.9. The number of nitrogens with one attached hydrogen (secondary N) is 2. The fourth-order valence-corrected chi connectivity index (χ4v) is 2.48. The van der Waals surface area contributed by atoms with Gasteiger partial charge in [0, 0.05) is 9.50 Å². The summed E-state index contributed by atoms with van der Waals surface area (Å²) in [5, 5.41) is 6.71. The molecule has 0 bridgehead atoms. The maximum absolute atomic E-state index is 11.8. The van der Waals surface area contributed by atoms with Gasteiger partial charge < -0.3 is 10.6 Å². The van der Waals surface area contributed by atoms with E-state index in [2.05, 4.69) is 26.6 Å². The van der Waals surface area contributed by atoms with Crippen LogP contribution < -0.4 is 10.6 Å². The molecule has 3 nitrogen and oxygen atoms in total. The summed E-state index contributed by atoms with van der Waals surface area (Å²) >= 11 is 9.32. The first-order valence-electron chi connectivity index (χ1n) is 6.65. The van der Waals surface area contributed by atoms with Crippen LogP contribution in [0.3, 0.4) is 0 Å². The minimum absolute atomic E-state index is 0.0620. The molecular formula is C16H16BrClN2O. The number of halogens is 2. The molecule has 0 unspecified atom stereocenters. The highest BCUT2D eigenvalue weighted by Crippen LogP contribution is 2.20. The molecule has 2 rings (SSSR count). The number of carbonyl (C=O) groups is 1. The molecule has 2 aromatic carbocycles. The molecule has 21 heavy (non-hydrogen) atoms. The van der Waals surface area contributed by atoms with Gasteiger partial charge in [0.05, 0.1) is 12.2 Å². The lowest BCUT2D eigenvalue weighted by Gasteiger charge is -2.08. The maximum atomic E-state index is 11.8. The van der Waals surface area contributed by atoms with Crippen LogP contribution in [-0.4, -0.2) is 19.0 Å². The van der Waals surface area contributed by atoms with Crippen molar-refractivity contribution in [2.75, 3.05) is 18.4 Å². The number of amides is 1. The van der Waals surface area contributed by atoms with E-state index in [0.29, 0.717) is 0 Å². The second-order valence-electron chi connectivity index (χ2n) is 4.58. The van der Waals surface area contributed by atoms with Crippen molar-refractivity contribution in [2.45, 2.75) is 6.42 Å². The number of para-hydroxylation sites is 1. The molecule has 0 aliphatic rings. The van der Waals surface area contributed by atoms with Gasteiger partial charge in [-0.15, -0.1) is 0 Å². The van der Waals surface area contributed by atoms with E-state index in [9.17, 15) is 4.79 Å². The molecule has 5 heteroatoms. The summed E-state index contributed by atoms with van der Waals surface area (Å²) in [4.78, 5) is 11.8. The van der Waals surface area contributed by atoms with E-state index in [4.69, 9.17) is 11.6 Å². The van der Waals surface area contributed by atoms with Gasteiger partial charge in [-0.25, -0.2) is 0 Å². The van der Waals surface area contributed by atoms with Crippen molar-refractivity contribution in [3.05, 3.63) is 63.6 Å². The van der Waals surface area contributed by atoms with E-state index in [0.717, 1.165) is 33.7 Å². The van der Waals surface area contributed by atoms with Gasteiger partial charge in [0.25, 0.3) is 0 Å². The molecule has 0 saturated carbocycles. The summed E-state index contributed by atoms with van der Waals surface area (Å²) in [5.74, 6) is -0.0620. The largest absolute Gasteiger partial charge is 0.324 e. The first kappa shape index (κ1) is 16.0. The summed E-state index contributed by atoms with van der Waals surface area (Å²) in [5.41, 5.74) is 1.93. The van der Waals surface area contributed by atoms with Crippen LogP contribution in [0.2, 0.25) is 5.02 Å². The minimum atomic E-state index is -0.0620. The van der Waals surface area contributed by atoms with E-state index >= 15 is 0 Å². The van der Waals surface area contributed by atoms with Gasteiger partial charge in [-0.1, -0.05) is 35.9 Å². The second-order valence-corrected chi connectivity index (χ2v) is 5.88. The third-order valence-electron chi connectivity index (χ3n) is 2.91. The Morgan fingerprint density at radius 2 is 1.95 bits per heavy atom. The van der Waals surface area contributed by atoms with Crippen molar-refractivity contribution in [1.82, 2.24) is 5.32 Å². The van der Waals surface area contributed by atoms with Crippen molar-refractivity contribution < 1.29 is 4.79 Å². The number of carbonyl (C=O) groups excluding carboxylic acids is 1. The van der Waals surface area contributed by atoms with E-state index in [1.54, 1.807) is 0 Å². The van der Waals surface area contributed by atoms with Crippen LogP contribution in [-0.2, 0) is 11.2 Å². The van der Waals surface area contributed by atoms with Gasteiger partial charge in [0.2, 0.25) is 5.91 Å². The zero-order valence-electron chi connectivity index (χ0n) is 11.4. The van der Waals surface area contributed by atoms with Crippen molar-refractivity contribution in [2.24, 2.45) is 0 Å². The first-order valence-corrected chi connectivity index (χ1v) is 7.82. The summed E-state index contributed by atoms with van der Waals surface area (Å²) in [6.07, 6.45) is 0.836. The Kier molecular flexibility index (Phi) is 6.23. The summed E-state index contributed by atoms with van der Waals surface area (Å²) in [6, 6.07) is 15.3. The van der Waals surface area contributed by atoms with Crippen LogP contribution in [0.4, 0.5) is 5.69 Å². The number of hydrogen-bond donors (Lipinski definition) is 2. The van der Waals surface area contributed by atoms with Crippen LogP contribution in [0.5, 0.6) is 0 Å². The van der Waals surface area contributed by atoms with E-state index in [-0.39, 0.29) is 12.5 Å². The highest BCUT2D eigenvalue weighted by molar-refractivity contribution is 9.10. The predicted molar refractivity (Wildman–Crippen MR) is 90.8 cm³/mol. The maximum Gasteiger partial charge on any atom is 0.238 e. The number of rotatable bonds is 6. The smallest absolute Gasteiger partial charge is 0.238 e. The average molecular weight is 368 g/mol.